The van der Waals surface area contributed by atoms with Crippen molar-refractivity contribution in [3.63, 3.8) is 0 Å². The first-order valence-corrected chi connectivity index (χ1v) is 7.50. The molecule has 1 aromatic carbocycles. The van der Waals surface area contributed by atoms with E-state index in [4.69, 9.17) is 5.41 Å². The summed E-state index contributed by atoms with van der Waals surface area (Å²) >= 11 is 0. The Morgan fingerprint density at radius 2 is 2.10 bits per heavy atom. The monoisotopic (exact) mass is 286 g/mol. The summed E-state index contributed by atoms with van der Waals surface area (Å²) < 4.78 is 0. The lowest BCUT2D eigenvalue weighted by Gasteiger charge is -2.05. The Morgan fingerprint density at radius 1 is 1.29 bits per heavy atom. The van der Waals surface area contributed by atoms with Crippen molar-refractivity contribution in [2.75, 3.05) is 6.54 Å². The molecular formula is C16H22N4O. The minimum atomic E-state index is -0.186. The van der Waals surface area contributed by atoms with Gasteiger partial charge < -0.3 is 10.7 Å². The number of aromatic amines is 1. The zero-order valence-electron chi connectivity index (χ0n) is 12.4. The molecule has 1 aromatic heterocycles. The largest absolute Gasteiger partial charge is 0.350 e. The van der Waals surface area contributed by atoms with Crippen LogP contribution >= 0.6 is 0 Å². The van der Waals surface area contributed by atoms with Crippen LogP contribution in [0.4, 0.5) is 0 Å². The summed E-state index contributed by atoms with van der Waals surface area (Å²) in [7, 11) is 0. The molecular weight excluding hydrogens is 264 g/mol. The molecule has 0 fully saturated rings. The molecule has 0 radical (unpaired) electrons. The number of hydrogen-bond acceptors (Lipinski definition) is 3. The Hall–Kier alpha value is -2.17. The smallest absolute Gasteiger partial charge is 0.272 e. The van der Waals surface area contributed by atoms with Crippen LogP contribution in [0.5, 0.6) is 0 Å². The minimum absolute atomic E-state index is 0.186. The Labute approximate surface area is 124 Å². The minimum Gasteiger partial charge on any atom is -0.350 e. The van der Waals surface area contributed by atoms with Crippen LogP contribution in [0.15, 0.2) is 24.3 Å². The van der Waals surface area contributed by atoms with Crippen LogP contribution in [0.1, 0.15) is 49.5 Å². The number of unbranched alkanes of at least 4 members (excludes halogenated alkanes) is 2. The van der Waals surface area contributed by atoms with E-state index in [0.717, 1.165) is 36.6 Å². The number of fused-ring (bicyclic) bond motifs is 1. The van der Waals surface area contributed by atoms with Crippen LogP contribution in [-0.4, -0.2) is 28.4 Å². The van der Waals surface area contributed by atoms with E-state index in [-0.39, 0.29) is 5.91 Å². The second-order valence-electron chi connectivity index (χ2n) is 5.18. The fraction of sp³-hybridized carbons (Fsp3) is 0.438. The SMILES string of the molecule is CCCCCC(=N)CCNC(=O)c1n[nH]c2ccccc12. The van der Waals surface area contributed by atoms with E-state index in [2.05, 4.69) is 22.4 Å². The van der Waals surface area contributed by atoms with E-state index in [0.29, 0.717) is 24.4 Å². The van der Waals surface area contributed by atoms with Crippen molar-refractivity contribution in [3.05, 3.63) is 30.0 Å². The van der Waals surface area contributed by atoms with E-state index in [1.807, 2.05) is 24.3 Å². The van der Waals surface area contributed by atoms with Gasteiger partial charge >= 0.3 is 0 Å². The van der Waals surface area contributed by atoms with Crippen molar-refractivity contribution in [3.8, 4) is 0 Å². The number of rotatable bonds is 8. The molecule has 0 saturated carbocycles. The zero-order valence-corrected chi connectivity index (χ0v) is 12.4. The van der Waals surface area contributed by atoms with Crippen molar-refractivity contribution >= 4 is 22.5 Å². The quantitative estimate of drug-likeness (QED) is 0.514. The molecule has 1 amide bonds. The lowest BCUT2D eigenvalue weighted by Crippen LogP contribution is -2.26. The molecule has 2 rings (SSSR count). The third kappa shape index (κ3) is 4.15. The van der Waals surface area contributed by atoms with E-state index in [1.165, 1.54) is 0 Å². The molecule has 112 valence electrons. The number of carbonyl (C=O) groups is 1. The highest BCUT2D eigenvalue weighted by atomic mass is 16.1. The molecule has 3 N–H and O–H groups in total. The highest BCUT2D eigenvalue weighted by molar-refractivity contribution is 6.04. The number of carbonyl (C=O) groups excluding carboxylic acids is 1. The molecule has 5 heteroatoms. The van der Waals surface area contributed by atoms with Gasteiger partial charge in [-0.2, -0.15) is 5.10 Å². The maximum absolute atomic E-state index is 12.1. The molecule has 0 unspecified atom stereocenters. The zero-order chi connectivity index (χ0) is 15.1. The standard InChI is InChI=1S/C16H22N4O/c1-2-3-4-7-12(17)10-11-18-16(21)15-13-8-5-6-9-14(13)19-20-15/h5-6,8-9,17H,2-4,7,10-11H2,1H3,(H,18,21)(H,19,20). The first-order valence-electron chi connectivity index (χ1n) is 7.50. The highest BCUT2D eigenvalue weighted by Gasteiger charge is 2.13. The summed E-state index contributed by atoms with van der Waals surface area (Å²) in [6, 6.07) is 7.56. The molecule has 0 saturated heterocycles. The topological polar surface area (TPSA) is 81.6 Å². The molecule has 21 heavy (non-hydrogen) atoms. The van der Waals surface area contributed by atoms with E-state index in [1.54, 1.807) is 0 Å². The molecule has 0 aliphatic rings. The van der Waals surface area contributed by atoms with Gasteiger partial charge in [0.1, 0.15) is 0 Å². The third-order valence-corrected chi connectivity index (χ3v) is 3.48. The number of amides is 1. The number of nitrogens with one attached hydrogen (secondary N) is 3. The fourth-order valence-corrected chi connectivity index (χ4v) is 2.26. The van der Waals surface area contributed by atoms with Crippen molar-refractivity contribution in [1.82, 2.24) is 15.5 Å². The Kier molecular flexibility index (Phi) is 5.49. The number of para-hydroxylation sites is 1. The maximum Gasteiger partial charge on any atom is 0.272 e. The average molecular weight is 286 g/mol. The van der Waals surface area contributed by atoms with Crippen LogP contribution in [0.25, 0.3) is 10.9 Å². The summed E-state index contributed by atoms with van der Waals surface area (Å²) in [6.07, 6.45) is 4.82. The Morgan fingerprint density at radius 3 is 2.90 bits per heavy atom. The second-order valence-corrected chi connectivity index (χ2v) is 5.18. The highest BCUT2D eigenvalue weighted by Crippen LogP contribution is 2.14. The van der Waals surface area contributed by atoms with Gasteiger partial charge in [-0.25, -0.2) is 0 Å². The van der Waals surface area contributed by atoms with Gasteiger partial charge in [0.05, 0.1) is 5.52 Å². The lowest BCUT2D eigenvalue weighted by atomic mass is 10.1. The fourth-order valence-electron chi connectivity index (χ4n) is 2.26. The summed E-state index contributed by atoms with van der Waals surface area (Å²) in [6.45, 7) is 2.64. The van der Waals surface area contributed by atoms with Crippen LogP contribution in [0.3, 0.4) is 0 Å². The van der Waals surface area contributed by atoms with Crippen LogP contribution in [0.2, 0.25) is 0 Å². The summed E-state index contributed by atoms with van der Waals surface area (Å²) in [5, 5.41) is 18.4. The molecule has 0 atom stereocenters. The van der Waals surface area contributed by atoms with Crippen LogP contribution in [-0.2, 0) is 0 Å². The number of nitrogens with zero attached hydrogens (tertiary/aromatic N) is 1. The molecule has 1 heterocycles. The van der Waals surface area contributed by atoms with Crippen LogP contribution < -0.4 is 5.32 Å². The van der Waals surface area contributed by atoms with Gasteiger partial charge in [0.15, 0.2) is 5.69 Å². The van der Waals surface area contributed by atoms with Gasteiger partial charge in [-0.1, -0.05) is 38.0 Å². The number of H-pyrrole nitrogens is 1. The summed E-state index contributed by atoms with van der Waals surface area (Å²) in [5.41, 5.74) is 1.98. The molecule has 0 aliphatic heterocycles. The van der Waals surface area contributed by atoms with E-state index in [9.17, 15) is 4.79 Å². The normalized spacial score (nSPS) is 10.7. The van der Waals surface area contributed by atoms with Gasteiger partial charge in [0.2, 0.25) is 0 Å². The molecule has 0 bridgehead atoms. The third-order valence-electron chi connectivity index (χ3n) is 3.48. The van der Waals surface area contributed by atoms with E-state index >= 15 is 0 Å². The average Bonchev–Trinajstić information content (AvgIpc) is 2.91. The van der Waals surface area contributed by atoms with Gasteiger partial charge in [-0.15, -0.1) is 0 Å². The summed E-state index contributed by atoms with van der Waals surface area (Å²) in [5.74, 6) is -0.186. The van der Waals surface area contributed by atoms with Crippen molar-refractivity contribution in [1.29, 1.82) is 5.41 Å². The molecule has 2 aromatic rings. The van der Waals surface area contributed by atoms with Gasteiger partial charge in [0.25, 0.3) is 5.91 Å². The number of hydrogen-bond donors (Lipinski definition) is 3. The Balaban J connectivity index is 1.81. The predicted octanol–water partition coefficient (Wildman–Crippen LogP) is 3.28. The lowest BCUT2D eigenvalue weighted by molar-refractivity contribution is 0.0951. The maximum atomic E-state index is 12.1. The van der Waals surface area contributed by atoms with Crippen molar-refractivity contribution in [2.45, 2.75) is 39.0 Å². The van der Waals surface area contributed by atoms with E-state index < -0.39 is 0 Å². The molecule has 5 nitrogen and oxygen atoms in total. The van der Waals surface area contributed by atoms with Crippen LogP contribution in [0, 0.1) is 5.41 Å². The van der Waals surface area contributed by atoms with Crippen molar-refractivity contribution < 1.29 is 4.79 Å². The number of benzene rings is 1. The van der Waals surface area contributed by atoms with Gasteiger partial charge in [-0.3, -0.25) is 9.89 Å². The van der Waals surface area contributed by atoms with Crippen molar-refractivity contribution in [2.24, 2.45) is 0 Å². The Bertz CT molecular complexity index is 618. The van der Waals surface area contributed by atoms with Gasteiger partial charge in [-0.05, 0) is 18.9 Å². The van der Waals surface area contributed by atoms with Gasteiger partial charge in [0, 0.05) is 24.1 Å². The second kappa shape index (κ2) is 7.57. The predicted molar refractivity (Wildman–Crippen MR) is 84.9 cm³/mol. The first-order chi connectivity index (χ1) is 10.2. The molecule has 0 aliphatic carbocycles. The molecule has 0 spiro atoms. The number of aromatic nitrogens is 2. The first kappa shape index (κ1) is 15.2. The summed E-state index contributed by atoms with van der Waals surface area (Å²) in [4.78, 5) is 12.1.